The van der Waals surface area contributed by atoms with Crippen LogP contribution in [0.2, 0.25) is 0 Å². The van der Waals surface area contributed by atoms with Gasteiger partial charge in [0, 0.05) is 19.6 Å². The lowest BCUT2D eigenvalue weighted by Crippen LogP contribution is -2.46. The van der Waals surface area contributed by atoms with Crippen molar-refractivity contribution in [1.29, 1.82) is 0 Å². The van der Waals surface area contributed by atoms with Crippen molar-refractivity contribution in [3.63, 3.8) is 0 Å². The number of carboxylic acids is 1. The number of carbonyl (C=O) groups is 1. The summed E-state index contributed by atoms with van der Waals surface area (Å²) in [5, 5.41) is 27.2. The van der Waals surface area contributed by atoms with E-state index >= 15 is 0 Å². The van der Waals surface area contributed by atoms with Crippen molar-refractivity contribution in [3.05, 3.63) is 0 Å². The lowest BCUT2D eigenvalue weighted by molar-refractivity contribution is -0.148. The van der Waals surface area contributed by atoms with E-state index in [1.807, 2.05) is 4.90 Å². The molecule has 1 rings (SSSR count). The van der Waals surface area contributed by atoms with Crippen LogP contribution >= 0.6 is 0 Å². The molecule has 5 heteroatoms. The first-order chi connectivity index (χ1) is 6.41. The van der Waals surface area contributed by atoms with Gasteiger partial charge in [0.15, 0.2) is 6.10 Å². The zero-order valence-electron chi connectivity index (χ0n) is 8.31. The Morgan fingerprint density at radius 1 is 1.50 bits per heavy atom. The van der Waals surface area contributed by atoms with E-state index < -0.39 is 17.7 Å². The molecule has 0 bridgehead atoms. The summed E-state index contributed by atoms with van der Waals surface area (Å²) >= 11 is 0. The lowest BCUT2D eigenvalue weighted by Gasteiger charge is -2.36. The minimum absolute atomic E-state index is 0.144. The summed E-state index contributed by atoms with van der Waals surface area (Å²) in [5.41, 5.74) is -0.634. The van der Waals surface area contributed by atoms with Crippen LogP contribution in [0.25, 0.3) is 0 Å². The van der Waals surface area contributed by atoms with Crippen LogP contribution in [0, 0.1) is 0 Å². The molecule has 1 aliphatic rings. The molecule has 1 unspecified atom stereocenters. The van der Waals surface area contributed by atoms with Crippen LogP contribution in [0.3, 0.4) is 0 Å². The van der Waals surface area contributed by atoms with Gasteiger partial charge in [0.05, 0.1) is 5.60 Å². The van der Waals surface area contributed by atoms with Crippen LogP contribution in [0.4, 0.5) is 0 Å². The maximum Gasteiger partial charge on any atom is 0.333 e. The normalized spacial score (nSPS) is 24.5. The molecule has 1 fully saturated rings. The number of carboxylic acid groups (broad SMARTS) is 1. The van der Waals surface area contributed by atoms with Crippen LogP contribution < -0.4 is 0 Å². The molecule has 0 aromatic rings. The SMILES string of the molecule is CC1(O)CCN(CC(O)C(=O)O)CC1. The number of piperidine rings is 1. The predicted octanol–water partition coefficient (Wildman–Crippen LogP) is -0.721. The van der Waals surface area contributed by atoms with Gasteiger partial charge in [-0.1, -0.05) is 0 Å². The fourth-order valence-electron chi connectivity index (χ4n) is 1.54. The van der Waals surface area contributed by atoms with Gasteiger partial charge in [-0.2, -0.15) is 0 Å². The smallest absolute Gasteiger partial charge is 0.333 e. The molecule has 1 atom stereocenters. The summed E-state index contributed by atoms with van der Waals surface area (Å²) in [4.78, 5) is 12.2. The number of likely N-dealkylation sites (tertiary alicyclic amines) is 1. The highest BCUT2D eigenvalue weighted by Gasteiger charge is 2.29. The van der Waals surface area contributed by atoms with Crippen LogP contribution in [0.5, 0.6) is 0 Å². The second-order valence-electron chi connectivity index (χ2n) is 4.15. The molecule has 1 heterocycles. The first kappa shape index (κ1) is 11.4. The molecule has 0 saturated carbocycles. The highest BCUT2D eigenvalue weighted by molar-refractivity contribution is 5.72. The monoisotopic (exact) mass is 203 g/mol. The third kappa shape index (κ3) is 3.25. The van der Waals surface area contributed by atoms with Gasteiger partial charge in [-0.3, -0.25) is 4.90 Å². The predicted molar refractivity (Wildman–Crippen MR) is 49.9 cm³/mol. The van der Waals surface area contributed by atoms with E-state index in [0.29, 0.717) is 25.9 Å². The molecule has 0 amide bonds. The van der Waals surface area contributed by atoms with E-state index in [1.165, 1.54) is 0 Å². The Hall–Kier alpha value is -0.650. The minimum Gasteiger partial charge on any atom is -0.479 e. The molecule has 14 heavy (non-hydrogen) atoms. The van der Waals surface area contributed by atoms with Gasteiger partial charge in [-0.15, -0.1) is 0 Å². The molecule has 0 spiro atoms. The number of hydrogen-bond donors (Lipinski definition) is 3. The Morgan fingerprint density at radius 3 is 2.43 bits per heavy atom. The molecule has 0 radical (unpaired) electrons. The fourth-order valence-corrected chi connectivity index (χ4v) is 1.54. The average molecular weight is 203 g/mol. The van der Waals surface area contributed by atoms with E-state index in [1.54, 1.807) is 6.92 Å². The summed E-state index contributed by atoms with van der Waals surface area (Å²) in [6.45, 7) is 3.19. The summed E-state index contributed by atoms with van der Waals surface area (Å²) in [7, 11) is 0. The number of rotatable bonds is 3. The second kappa shape index (κ2) is 4.25. The molecule has 0 aromatic carbocycles. The van der Waals surface area contributed by atoms with Gasteiger partial charge >= 0.3 is 5.97 Å². The van der Waals surface area contributed by atoms with E-state index in [2.05, 4.69) is 0 Å². The van der Waals surface area contributed by atoms with Crippen molar-refractivity contribution in [2.24, 2.45) is 0 Å². The average Bonchev–Trinajstić information content (AvgIpc) is 2.08. The minimum atomic E-state index is -1.32. The second-order valence-corrected chi connectivity index (χ2v) is 4.15. The number of β-amino-alcohol motifs (C(OH)–C–C–N with tert-alkyl or cyclic N) is 1. The Labute approximate surface area is 83.0 Å². The maximum absolute atomic E-state index is 10.4. The largest absolute Gasteiger partial charge is 0.479 e. The number of nitrogens with zero attached hydrogens (tertiary/aromatic N) is 1. The summed E-state index contributed by atoms with van der Waals surface area (Å²) < 4.78 is 0. The van der Waals surface area contributed by atoms with Crippen molar-refractivity contribution in [3.8, 4) is 0 Å². The Bertz CT molecular complexity index is 207. The van der Waals surface area contributed by atoms with E-state index in [0.717, 1.165) is 0 Å². The number of aliphatic hydroxyl groups is 2. The quantitative estimate of drug-likeness (QED) is 0.564. The maximum atomic E-state index is 10.4. The first-order valence-electron chi connectivity index (χ1n) is 4.76. The van der Waals surface area contributed by atoms with Crippen molar-refractivity contribution in [2.45, 2.75) is 31.5 Å². The molecule has 1 aliphatic heterocycles. The Balaban J connectivity index is 2.32. The van der Waals surface area contributed by atoms with Gasteiger partial charge in [-0.05, 0) is 19.8 Å². The summed E-state index contributed by atoms with van der Waals surface area (Å²) in [5.74, 6) is -1.19. The van der Waals surface area contributed by atoms with Crippen molar-refractivity contribution < 1.29 is 20.1 Å². The van der Waals surface area contributed by atoms with Gasteiger partial charge in [-0.25, -0.2) is 4.79 Å². The molecule has 1 saturated heterocycles. The van der Waals surface area contributed by atoms with Gasteiger partial charge in [0.25, 0.3) is 0 Å². The molecule has 0 aromatic heterocycles. The Kier molecular flexibility index (Phi) is 3.47. The standard InChI is InChI=1S/C9H17NO4/c1-9(14)2-4-10(5-3-9)6-7(11)8(12)13/h7,11,14H,2-6H2,1H3,(H,12,13). The van der Waals surface area contributed by atoms with Crippen molar-refractivity contribution in [1.82, 2.24) is 4.90 Å². The van der Waals surface area contributed by atoms with Crippen LogP contribution in [-0.2, 0) is 4.79 Å². The van der Waals surface area contributed by atoms with Crippen molar-refractivity contribution >= 4 is 5.97 Å². The molecule has 3 N–H and O–H groups in total. The highest BCUT2D eigenvalue weighted by Crippen LogP contribution is 2.20. The van der Waals surface area contributed by atoms with Gasteiger partial charge < -0.3 is 15.3 Å². The zero-order valence-corrected chi connectivity index (χ0v) is 8.31. The molecule has 0 aliphatic carbocycles. The molecular formula is C9H17NO4. The Morgan fingerprint density at radius 2 is 2.00 bits per heavy atom. The van der Waals surface area contributed by atoms with Gasteiger partial charge in [0.2, 0.25) is 0 Å². The third-order valence-electron chi connectivity index (χ3n) is 2.65. The van der Waals surface area contributed by atoms with E-state index in [-0.39, 0.29) is 6.54 Å². The molecule has 5 nitrogen and oxygen atoms in total. The van der Waals surface area contributed by atoms with Crippen LogP contribution in [0.15, 0.2) is 0 Å². The lowest BCUT2D eigenvalue weighted by atomic mass is 9.94. The van der Waals surface area contributed by atoms with Gasteiger partial charge in [0.1, 0.15) is 0 Å². The highest BCUT2D eigenvalue weighted by atomic mass is 16.4. The molecular weight excluding hydrogens is 186 g/mol. The number of hydrogen-bond acceptors (Lipinski definition) is 4. The van der Waals surface area contributed by atoms with Crippen LogP contribution in [0.1, 0.15) is 19.8 Å². The summed E-state index contributed by atoms with van der Waals surface area (Å²) in [6.07, 6.45) is -0.0726. The first-order valence-corrected chi connectivity index (χ1v) is 4.76. The molecule has 82 valence electrons. The summed E-state index contributed by atoms with van der Waals surface area (Å²) in [6, 6.07) is 0. The fraction of sp³-hybridized carbons (Fsp3) is 0.889. The van der Waals surface area contributed by atoms with Crippen LogP contribution in [-0.4, -0.2) is 57.5 Å². The zero-order chi connectivity index (χ0) is 10.8. The third-order valence-corrected chi connectivity index (χ3v) is 2.65. The topological polar surface area (TPSA) is 81.0 Å². The van der Waals surface area contributed by atoms with Crippen molar-refractivity contribution in [2.75, 3.05) is 19.6 Å². The number of aliphatic carboxylic acids is 1. The van der Waals surface area contributed by atoms with E-state index in [4.69, 9.17) is 10.2 Å². The number of aliphatic hydroxyl groups excluding tert-OH is 1. The van der Waals surface area contributed by atoms with E-state index in [9.17, 15) is 9.90 Å².